The molecule has 1 aliphatic carbocycles. The molecule has 4 heteroatoms. The van der Waals surface area contributed by atoms with Gasteiger partial charge < -0.3 is 10.3 Å². The zero-order valence-electron chi connectivity index (χ0n) is 12.1. The maximum Gasteiger partial charge on any atom is 0.0821 e. The number of benzene rings is 1. The van der Waals surface area contributed by atoms with Crippen LogP contribution in [0.1, 0.15) is 37.4 Å². The van der Waals surface area contributed by atoms with Gasteiger partial charge in [0.25, 0.3) is 0 Å². The van der Waals surface area contributed by atoms with E-state index >= 15 is 0 Å². The van der Waals surface area contributed by atoms with Crippen LogP contribution in [0.15, 0.2) is 42.7 Å². The zero-order chi connectivity index (χ0) is 14.2. The highest BCUT2D eigenvalue weighted by Crippen LogP contribution is 2.29. The van der Waals surface area contributed by atoms with E-state index in [1.807, 2.05) is 12.1 Å². The minimum atomic E-state index is 0.611. The molecule has 108 valence electrons. The van der Waals surface area contributed by atoms with E-state index < -0.39 is 0 Å². The molecule has 4 nitrogen and oxygen atoms in total. The highest BCUT2D eigenvalue weighted by atomic mass is 15.3. The van der Waals surface area contributed by atoms with Crippen LogP contribution in [0.3, 0.4) is 0 Å². The molecule has 21 heavy (non-hydrogen) atoms. The topological polar surface area (TPSA) is 48.8 Å². The number of nitrogen functional groups attached to an aromatic ring is 1. The van der Waals surface area contributed by atoms with Crippen LogP contribution in [-0.2, 0) is 6.54 Å². The molecule has 0 saturated heterocycles. The first kappa shape index (κ1) is 12.5. The normalized spacial score (nSPS) is 16.0. The van der Waals surface area contributed by atoms with Crippen LogP contribution >= 0.6 is 0 Å². The quantitative estimate of drug-likeness (QED) is 0.745. The van der Waals surface area contributed by atoms with E-state index in [-0.39, 0.29) is 0 Å². The van der Waals surface area contributed by atoms with Gasteiger partial charge in [0.1, 0.15) is 0 Å². The van der Waals surface area contributed by atoms with Crippen LogP contribution in [0.4, 0.5) is 5.69 Å². The van der Waals surface area contributed by atoms with Crippen LogP contribution in [0, 0.1) is 0 Å². The Morgan fingerprint density at radius 1 is 1.10 bits per heavy atom. The number of nitrogens with two attached hydrogens (primary N) is 1. The number of rotatable bonds is 3. The summed E-state index contributed by atoms with van der Waals surface area (Å²) in [7, 11) is 0. The van der Waals surface area contributed by atoms with Crippen molar-refractivity contribution < 1.29 is 0 Å². The maximum atomic E-state index is 5.83. The highest BCUT2D eigenvalue weighted by molar-refractivity contribution is 5.83. The van der Waals surface area contributed by atoms with E-state index in [9.17, 15) is 0 Å². The Bertz CT molecular complexity index is 762. The lowest BCUT2D eigenvalue weighted by atomic mass is 10.2. The van der Waals surface area contributed by atoms with Crippen LogP contribution in [0.5, 0.6) is 0 Å². The number of nitrogens with zero attached hydrogens (tertiary/aromatic N) is 3. The Labute approximate surface area is 124 Å². The van der Waals surface area contributed by atoms with Crippen LogP contribution in [0.25, 0.3) is 10.9 Å². The molecule has 1 aromatic carbocycles. The van der Waals surface area contributed by atoms with Crippen molar-refractivity contribution in [1.82, 2.24) is 14.3 Å². The molecule has 0 amide bonds. The van der Waals surface area contributed by atoms with Crippen LogP contribution < -0.4 is 5.73 Å². The number of aromatic nitrogens is 3. The third kappa shape index (κ3) is 2.31. The van der Waals surface area contributed by atoms with Gasteiger partial charge in [0.15, 0.2) is 0 Å². The molecule has 0 spiro atoms. The lowest BCUT2D eigenvalue weighted by Gasteiger charge is -2.09. The average molecular weight is 280 g/mol. The summed E-state index contributed by atoms with van der Waals surface area (Å²) in [5.74, 6) is 0. The Morgan fingerprint density at radius 2 is 1.95 bits per heavy atom. The fourth-order valence-electron chi connectivity index (χ4n) is 3.36. The van der Waals surface area contributed by atoms with E-state index in [0.29, 0.717) is 6.04 Å². The molecule has 0 radical (unpaired) electrons. The minimum Gasteiger partial charge on any atom is -0.399 e. The summed E-state index contributed by atoms with van der Waals surface area (Å²) in [6, 6.07) is 10.9. The van der Waals surface area contributed by atoms with Gasteiger partial charge >= 0.3 is 0 Å². The second kappa shape index (κ2) is 4.95. The third-order valence-corrected chi connectivity index (χ3v) is 4.49. The highest BCUT2D eigenvalue weighted by Gasteiger charge is 2.17. The van der Waals surface area contributed by atoms with E-state index in [0.717, 1.165) is 17.9 Å². The summed E-state index contributed by atoms with van der Waals surface area (Å²) in [5, 5.41) is 5.95. The Morgan fingerprint density at radius 3 is 2.81 bits per heavy atom. The van der Waals surface area contributed by atoms with Crippen molar-refractivity contribution in [2.75, 3.05) is 5.73 Å². The predicted octanol–water partition coefficient (Wildman–Crippen LogP) is 3.58. The van der Waals surface area contributed by atoms with Crippen LogP contribution in [-0.4, -0.2) is 14.3 Å². The van der Waals surface area contributed by atoms with Gasteiger partial charge in [0.05, 0.1) is 18.3 Å². The summed E-state index contributed by atoms with van der Waals surface area (Å²) in [4.78, 5) is 0. The number of hydrogen-bond donors (Lipinski definition) is 1. The Balaban J connectivity index is 1.59. The molecular weight excluding hydrogens is 260 g/mol. The van der Waals surface area contributed by atoms with Crippen molar-refractivity contribution in [3.63, 3.8) is 0 Å². The van der Waals surface area contributed by atoms with Crippen molar-refractivity contribution in [2.24, 2.45) is 0 Å². The molecule has 3 aromatic rings. The van der Waals surface area contributed by atoms with Gasteiger partial charge in [-0.2, -0.15) is 5.10 Å². The van der Waals surface area contributed by atoms with Gasteiger partial charge in [0, 0.05) is 29.0 Å². The number of fused-ring (bicyclic) bond motifs is 1. The fourth-order valence-corrected chi connectivity index (χ4v) is 3.36. The summed E-state index contributed by atoms with van der Waals surface area (Å²) in [6.07, 6.45) is 9.46. The van der Waals surface area contributed by atoms with Crippen molar-refractivity contribution in [2.45, 2.75) is 38.3 Å². The summed E-state index contributed by atoms with van der Waals surface area (Å²) in [6.45, 7) is 0.813. The van der Waals surface area contributed by atoms with E-state index in [1.165, 1.54) is 36.6 Å². The first-order valence-corrected chi connectivity index (χ1v) is 7.68. The summed E-state index contributed by atoms with van der Waals surface area (Å²) < 4.78 is 4.39. The Kier molecular flexibility index (Phi) is 2.95. The third-order valence-electron chi connectivity index (χ3n) is 4.49. The first-order chi connectivity index (χ1) is 10.3. The minimum absolute atomic E-state index is 0.611. The monoisotopic (exact) mass is 280 g/mol. The van der Waals surface area contributed by atoms with Crippen molar-refractivity contribution in [3.05, 3.63) is 48.4 Å². The lowest BCUT2D eigenvalue weighted by molar-refractivity contribution is 0.462. The maximum absolute atomic E-state index is 5.83. The standard InChI is InChI=1S/C17H20N4/c18-14-5-6-17-13(11-14)7-9-20(17)12-15-8-10-21(19-15)16-3-1-2-4-16/h5-11,16H,1-4,12,18H2. The van der Waals surface area contributed by atoms with E-state index in [2.05, 4.69) is 39.8 Å². The van der Waals surface area contributed by atoms with Gasteiger partial charge in [-0.15, -0.1) is 0 Å². The second-order valence-corrected chi connectivity index (χ2v) is 5.99. The molecule has 0 atom stereocenters. The van der Waals surface area contributed by atoms with E-state index in [1.54, 1.807) is 0 Å². The molecule has 1 fully saturated rings. The Hall–Kier alpha value is -2.23. The SMILES string of the molecule is Nc1ccc2c(ccn2Cc2ccn(C3CCCC3)n2)c1. The average Bonchev–Trinajstić information content (AvgIpc) is 3.19. The van der Waals surface area contributed by atoms with Gasteiger partial charge in [0.2, 0.25) is 0 Å². The molecule has 4 rings (SSSR count). The first-order valence-electron chi connectivity index (χ1n) is 7.68. The fraction of sp³-hybridized carbons (Fsp3) is 0.353. The molecule has 0 unspecified atom stereocenters. The van der Waals surface area contributed by atoms with Crippen molar-refractivity contribution >= 4 is 16.6 Å². The van der Waals surface area contributed by atoms with Gasteiger partial charge in [-0.3, -0.25) is 4.68 Å². The molecular formula is C17H20N4. The molecule has 0 bridgehead atoms. The van der Waals surface area contributed by atoms with Crippen molar-refractivity contribution in [1.29, 1.82) is 0 Å². The van der Waals surface area contributed by atoms with Gasteiger partial charge in [-0.25, -0.2) is 0 Å². The lowest BCUT2D eigenvalue weighted by Crippen LogP contribution is -2.06. The second-order valence-electron chi connectivity index (χ2n) is 5.99. The molecule has 1 saturated carbocycles. The predicted molar refractivity (Wildman–Crippen MR) is 85.2 cm³/mol. The molecule has 2 N–H and O–H groups in total. The summed E-state index contributed by atoms with van der Waals surface area (Å²) in [5.41, 5.74) is 8.97. The molecule has 2 aromatic heterocycles. The summed E-state index contributed by atoms with van der Waals surface area (Å²) >= 11 is 0. The molecule has 2 heterocycles. The molecule has 1 aliphatic rings. The van der Waals surface area contributed by atoms with Crippen molar-refractivity contribution in [3.8, 4) is 0 Å². The van der Waals surface area contributed by atoms with Gasteiger partial charge in [-0.05, 0) is 43.2 Å². The van der Waals surface area contributed by atoms with E-state index in [4.69, 9.17) is 10.8 Å². The zero-order valence-corrected chi connectivity index (χ0v) is 12.1. The molecule has 0 aliphatic heterocycles. The number of anilines is 1. The van der Waals surface area contributed by atoms with Gasteiger partial charge in [-0.1, -0.05) is 12.8 Å². The van der Waals surface area contributed by atoms with Crippen LogP contribution in [0.2, 0.25) is 0 Å². The smallest absolute Gasteiger partial charge is 0.0821 e. The number of hydrogen-bond acceptors (Lipinski definition) is 2. The largest absolute Gasteiger partial charge is 0.399 e.